The highest BCUT2D eigenvalue weighted by atomic mass is 16.3. The molecule has 1 aromatic rings. The number of aliphatic hydroxyl groups is 1. The second kappa shape index (κ2) is 6.68. The number of hydrogen-bond donors (Lipinski definition) is 1. The third-order valence-corrected chi connectivity index (χ3v) is 5.59. The minimum atomic E-state index is -0.888. The van der Waals surface area contributed by atoms with Crippen LogP contribution >= 0.6 is 0 Å². The van der Waals surface area contributed by atoms with Crippen LogP contribution in [0.5, 0.6) is 0 Å². The molecular formula is C22H31NO2. The van der Waals surface area contributed by atoms with E-state index in [2.05, 4.69) is 19.9 Å². The Hall–Kier alpha value is -1.48. The summed E-state index contributed by atoms with van der Waals surface area (Å²) in [5, 5.41) is 10.4. The van der Waals surface area contributed by atoms with Gasteiger partial charge >= 0.3 is 0 Å². The Morgan fingerprint density at radius 3 is 2.56 bits per heavy atom. The molecule has 1 aliphatic carbocycles. The van der Waals surface area contributed by atoms with Gasteiger partial charge in [-0.1, -0.05) is 31.4 Å². The molecule has 0 saturated heterocycles. The van der Waals surface area contributed by atoms with Crippen LogP contribution in [0.3, 0.4) is 0 Å². The smallest absolute Gasteiger partial charge is 0.141 e. The molecule has 1 N–H and O–H groups in total. The van der Waals surface area contributed by atoms with Gasteiger partial charge in [-0.15, -0.1) is 0 Å². The molecule has 0 amide bonds. The van der Waals surface area contributed by atoms with Gasteiger partial charge in [-0.05, 0) is 69.7 Å². The van der Waals surface area contributed by atoms with Gasteiger partial charge in [0.2, 0.25) is 0 Å². The van der Waals surface area contributed by atoms with Gasteiger partial charge in [0, 0.05) is 12.3 Å². The zero-order chi connectivity index (χ0) is 18.2. The first-order valence-corrected chi connectivity index (χ1v) is 9.63. The van der Waals surface area contributed by atoms with Gasteiger partial charge in [0.15, 0.2) is 0 Å². The number of aliphatic imine (C=N–C) groups is 1. The Morgan fingerprint density at radius 2 is 1.92 bits per heavy atom. The molecule has 3 rings (SSSR count). The van der Waals surface area contributed by atoms with Crippen LogP contribution in [0.4, 0.5) is 0 Å². The predicted octanol–water partition coefficient (Wildman–Crippen LogP) is 4.58. The lowest BCUT2D eigenvalue weighted by Crippen LogP contribution is -2.32. The minimum Gasteiger partial charge on any atom is -0.386 e. The van der Waals surface area contributed by atoms with Gasteiger partial charge in [0.1, 0.15) is 5.78 Å². The molecule has 0 bridgehead atoms. The van der Waals surface area contributed by atoms with Crippen molar-refractivity contribution in [3.05, 3.63) is 34.9 Å². The van der Waals surface area contributed by atoms with Gasteiger partial charge in [0.25, 0.3) is 0 Å². The molecule has 0 atom stereocenters. The highest BCUT2D eigenvalue weighted by molar-refractivity contribution is 6.13. The maximum absolute atomic E-state index is 12.8. The Morgan fingerprint density at radius 1 is 1.24 bits per heavy atom. The maximum atomic E-state index is 12.8. The number of ketones is 1. The largest absolute Gasteiger partial charge is 0.386 e. The van der Waals surface area contributed by atoms with Gasteiger partial charge in [0.05, 0.1) is 16.9 Å². The Labute approximate surface area is 151 Å². The average molecular weight is 341 g/mol. The zero-order valence-corrected chi connectivity index (χ0v) is 16.1. The van der Waals surface area contributed by atoms with Crippen LogP contribution in [0, 0.1) is 5.92 Å². The van der Waals surface area contributed by atoms with Crippen LogP contribution in [0.25, 0.3) is 0 Å². The molecule has 0 unspecified atom stereocenters. The Bertz CT molecular complexity index is 688. The predicted molar refractivity (Wildman–Crippen MR) is 102 cm³/mol. The van der Waals surface area contributed by atoms with E-state index in [1.165, 1.54) is 24.8 Å². The van der Waals surface area contributed by atoms with Crippen molar-refractivity contribution < 1.29 is 9.90 Å². The van der Waals surface area contributed by atoms with E-state index < -0.39 is 5.60 Å². The van der Waals surface area contributed by atoms with Crippen LogP contribution < -0.4 is 0 Å². The monoisotopic (exact) mass is 341 g/mol. The number of rotatable bonds is 4. The lowest BCUT2D eigenvalue weighted by Gasteiger charge is -2.31. The second-order valence-electron chi connectivity index (χ2n) is 8.96. The van der Waals surface area contributed by atoms with Crippen LogP contribution in [0.1, 0.15) is 82.9 Å². The van der Waals surface area contributed by atoms with Crippen molar-refractivity contribution in [2.45, 2.75) is 83.8 Å². The average Bonchev–Trinajstić information content (AvgIpc) is 2.53. The molecule has 1 heterocycles. The van der Waals surface area contributed by atoms with Gasteiger partial charge in [-0.25, -0.2) is 0 Å². The van der Waals surface area contributed by atoms with Gasteiger partial charge in [-0.2, -0.15) is 0 Å². The molecular weight excluding hydrogens is 310 g/mol. The summed E-state index contributed by atoms with van der Waals surface area (Å²) in [5.41, 5.74) is 3.02. The summed E-state index contributed by atoms with van der Waals surface area (Å²) in [4.78, 5) is 17.8. The number of benzene rings is 1. The van der Waals surface area contributed by atoms with E-state index in [4.69, 9.17) is 4.99 Å². The summed E-state index contributed by atoms with van der Waals surface area (Å²) in [5.74, 6) is 0.554. The highest BCUT2D eigenvalue weighted by Crippen LogP contribution is 2.33. The molecule has 1 aromatic carbocycles. The fourth-order valence-electron chi connectivity index (χ4n) is 4.18. The van der Waals surface area contributed by atoms with E-state index in [9.17, 15) is 9.90 Å². The van der Waals surface area contributed by atoms with Crippen molar-refractivity contribution in [2.75, 3.05) is 0 Å². The number of carbonyl (C=O) groups is 1. The van der Waals surface area contributed by atoms with Crippen molar-refractivity contribution in [3.63, 3.8) is 0 Å². The SMILES string of the molecule is CC1(C)Cc2ccc(C(C)(C)O)cc2C(CC(=O)C2CCCCC2)=N1. The fraction of sp³-hybridized carbons (Fsp3) is 0.636. The lowest BCUT2D eigenvalue weighted by molar-refractivity contribution is -0.122. The van der Waals surface area contributed by atoms with Crippen molar-refractivity contribution in [1.82, 2.24) is 0 Å². The summed E-state index contributed by atoms with van der Waals surface area (Å²) in [6.45, 7) is 7.85. The number of nitrogens with zero attached hydrogens (tertiary/aromatic N) is 1. The first kappa shape index (κ1) is 18.3. The molecule has 3 nitrogen and oxygen atoms in total. The van der Waals surface area contributed by atoms with Crippen LogP contribution in [0.15, 0.2) is 23.2 Å². The molecule has 0 aromatic heterocycles. The van der Waals surface area contributed by atoms with Crippen molar-refractivity contribution in [1.29, 1.82) is 0 Å². The number of hydrogen-bond acceptors (Lipinski definition) is 3. The normalized spacial score (nSPS) is 20.8. The van der Waals surface area contributed by atoms with E-state index >= 15 is 0 Å². The quantitative estimate of drug-likeness (QED) is 0.871. The summed E-state index contributed by atoms with van der Waals surface area (Å²) >= 11 is 0. The molecule has 136 valence electrons. The third kappa shape index (κ3) is 4.20. The Kier molecular flexibility index (Phi) is 4.89. The van der Waals surface area contributed by atoms with Crippen LogP contribution in [-0.2, 0) is 16.8 Å². The summed E-state index contributed by atoms with van der Waals surface area (Å²) in [7, 11) is 0. The lowest BCUT2D eigenvalue weighted by atomic mass is 9.80. The van der Waals surface area contributed by atoms with E-state index in [0.29, 0.717) is 12.2 Å². The van der Waals surface area contributed by atoms with E-state index in [0.717, 1.165) is 36.1 Å². The molecule has 0 radical (unpaired) electrons. The van der Waals surface area contributed by atoms with Crippen molar-refractivity contribution in [2.24, 2.45) is 10.9 Å². The van der Waals surface area contributed by atoms with Gasteiger partial charge in [-0.3, -0.25) is 9.79 Å². The molecule has 1 fully saturated rings. The third-order valence-electron chi connectivity index (χ3n) is 5.59. The highest BCUT2D eigenvalue weighted by Gasteiger charge is 2.31. The Balaban J connectivity index is 1.91. The van der Waals surface area contributed by atoms with Crippen molar-refractivity contribution >= 4 is 11.5 Å². The number of carbonyl (C=O) groups excluding carboxylic acids is 1. The maximum Gasteiger partial charge on any atom is 0.141 e. The second-order valence-corrected chi connectivity index (χ2v) is 8.96. The fourth-order valence-corrected chi connectivity index (χ4v) is 4.18. The zero-order valence-electron chi connectivity index (χ0n) is 16.1. The van der Waals surface area contributed by atoms with E-state index in [1.54, 1.807) is 13.8 Å². The van der Waals surface area contributed by atoms with E-state index in [-0.39, 0.29) is 11.5 Å². The molecule has 25 heavy (non-hydrogen) atoms. The molecule has 1 aliphatic heterocycles. The summed E-state index contributed by atoms with van der Waals surface area (Å²) in [6, 6.07) is 6.14. The summed E-state index contributed by atoms with van der Waals surface area (Å²) < 4.78 is 0. The molecule has 2 aliphatic rings. The van der Waals surface area contributed by atoms with E-state index in [1.807, 2.05) is 12.1 Å². The van der Waals surface area contributed by atoms with Gasteiger partial charge < -0.3 is 5.11 Å². The number of Topliss-reactive ketones (excluding diaryl/α,β-unsaturated/α-hetero) is 1. The molecule has 1 saturated carbocycles. The van der Waals surface area contributed by atoms with Crippen molar-refractivity contribution in [3.8, 4) is 0 Å². The van der Waals surface area contributed by atoms with Crippen LogP contribution in [0.2, 0.25) is 0 Å². The summed E-state index contributed by atoms with van der Waals surface area (Å²) in [6.07, 6.45) is 6.97. The topological polar surface area (TPSA) is 49.7 Å². The standard InChI is InChI=1S/C22H31NO2/c1-21(2)14-16-10-11-17(22(3,4)25)12-18(16)19(23-21)13-20(24)15-8-6-5-7-9-15/h10-12,15,25H,5-9,13-14H2,1-4H3. The first-order chi connectivity index (χ1) is 11.7. The first-order valence-electron chi connectivity index (χ1n) is 9.63. The minimum absolute atomic E-state index is 0.175. The number of fused-ring (bicyclic) bond motifs is 1. The van der Waals surface area contributed by atoms with Crippen LogP contribution in [-0.4, -0.2) is 22.1 Å². The molecule has 3 heteroatoms. The molecule has 0 spiro atoms.